The molecular formula is C37H35FN8O4. The van der Waals surface area contributed by atoms with Crippen LogP contribution < -0.4 is 15.6 Å². The lowest BCUT2D eigenvalue weighted by Gasteiger charge is -2.12. The van der Waals surface area contributed by atoms with E-state index in [1.807, 2.05) is 44.6 Å². The van der Waals surface area contributed by atoms with Gasteiger partial charge in [0, 0.05) is 51.3 Å². The van der Waals surface area contributed by atoms with Crippen LogP contribution in [0.2, 0.25) is 0 Å². The first-order valence-corrected chi connectivity index (χ1v) is 15.6. The van der Waals surface area contributed by atoms with E-state index in [-0.39, 0.29) is 5.56 Å². The number of carbonyl (C=O) groups is 1. The number of aromatic nitrogens is 6. The van der Waals surface area contributed by atoms with Gasteiger partial charge in [-0.25, -0.2) is 19.0 Å². The Hall–Kier alpha value is -6.34. The summed E-state index contributed by atoms with van der Waals surface area (Å²) in [5, 5.41) is 8.17. The predicted octanol–water partition coefficient (Wildman–Crippen LogP) is 6.31. The van der Waals surface area contributed by atoms with E-state index >= 15 is 0 Å². The van der Waals surface area contributed by atoms with Crippen molar-refractivity contribution in [2.24, 2.45) is 14.1 Å². The van der Waals surface area contributed by atoms with Gasteiger partial charge in [0.05, 0.1) is 23.0 Å². The van der Waals surface area contributed by atoms with Crippen LogP contribution in [0.3, 0.4) is 0 Å². The first-order valence-electron chi connectivity index (χ1n) is 15.6. The van der Waals surface area contributed by atoms with Gasteiger partial charge in [0.15, 0.2) is 6.29 Å². The van der Waals surface area contributed by atoms with Crippen LogP contribution in [-0.4, -0.2) is 61.4 Å². The Morgan fingerprint density at radius 1 is 0.980 bits per heavy atom. The summed E-state index contributed by atoms with van der Waals surface area (Å²) in [6.07, 6.45) is 7.06. The van der Waals surface area contributed by atoms with Gasteiger partial charge in [-0.2, -0.15) is 5.10 Å². The Morgan fingerprint density at radius 2 is 1.76 bits per heavy atom. The lowest BCUT2D eigenvalue weighted by Crippen LogP contribution is -2.20. The fourth-order valence-corrected chi connectivity index (χ4v) is 5.56. The number of aldehydes is 1. The average molecular weight is 675 g/mol. The fourth-order valence-electron chi connectivity index (χ4n) is 5.56. The molecule has 12 nitrogen and oxygen atoms in total. The van der Waals surface area contributed by atoms with Crippen LogP contribution in [-0.2, 0) is 20.6 Å². The van der Waals surface area contributed by atoms with Crippen LogP contribution in [0.15, 0.2) is 107 Å². The molecule has 0 unspecified atom stereocenters. The van der Waals surface area contributed by atoms with E-state index in [9.17, 15) is 14.0 Å². The Bertz CT molecular complexity index is 2340. The number of fused-ring (bicyclic) bond motifs is 1. The van der Waals surface area contributed by atoms with Gasteiger partial charge in [0.1, 0.15) is 29.0 Å². The zero-order valence-electron chi connectivity index (χ0n) is 28.2. The maximum Gasteiger partial charge on any atom is 0.281 e. The second-order valence-corrected chi connectivity index (χ2v) is 11.8. The molecule has 4 heterocycles. The number of hydrogen-bond acceptors (Lipinski definition) is 9. The second-order valence-electron chi connectivity index (χ2n) is 11.8. The van der Waals surface area contributed by atoms with Crippen molar-refractivity contribution in [1.82, 2.24) is 34.0 Å². The van der Waals surface area contributed by atoms with Gasteiger partial charge in [-0.15, -0.1) is 0 Å². The van der Waals surface area contributed by atoms with Crippen LogP contribution in [0.1, 0.15) is 15.9 Å². The maximum atomic E-state index is 13.0. The molecule has 0 atom stereocenters. The largest absolute Gasteiger partial charge is 0.438 e. The SMILES string of the molecule is CNc1ccc(Oc2ncnc3oc(-c4cnn(C)c4)c(-c4cccc(CN(C)C)c4)c23)cc1.Cn1cc(C=O)c(=O)n1-c1cccc(F)c1. The molecule has 7 aromatic rings. The normalized spacial score (nSPS) is 11.0. The third-order valence-corrected chi connectivity index (χ3v) is 7.75. The van der Waals surface area contributed by atoms with Crippen LogP contribution >= 0.6 is 0 Å². The number of nitrogens with zero attached hydrogens (tertiary/aromatic N) is 7. The minimum Gasteiger partial charge on any atom is -0.438 e. The highest BCUT2D eigenvalue weighted by Crippen LogP contribution is 2.44. The van der Waals surface area contributed by atoms with E-state index in [1.165, 1.54) is 45.7 Å². The summed E-state index contributed by atoms with van der Waals surface area (Å²) < 4.78 is 30.0. The van der Waals surface area contributed by atoms with Gasteiger partial charge in [-0.05, 0) is 73.8 Å². The standard InChI is InChI=1S/C26H26N6O2.C11H9FN2O2/c1-27-20-8-10-21(11-9-20)33-25-23-22(18-7-5-6-17(12-18)14-31(2)3)24(19-13-30-32(4)15-19)34-26(23)29-16-28-25;1-13-6-8(7-15)11(16)14(13)10-4-2-3-9(12)5-10/h5-13,15-16,27H,14H2,1-4H3;2-7H,1H3. The lowest BCUT2D eigenvalue weighted by molar-refractivity contribution is 0.112. The molecule has 1 N–H and O–H groups in total. The average Bonchev–Trinajstić information content (AvgIpc) is 3.79. The van der Waals surface area contributed by atoms with Crippen LogP contribution in [0, 0.1) is 5.82 Å². The van der Waals surface area contributed by atoms with Crippen molar-refractivity contribution in [3.05, 3.63) is 125 Å². The maximum absolute atomic E-state index is 13.0. The number of furan rings is 1. The summed E-state index contributed by atoms with van der Waals surface area (Å²) >= 11 is 0. The molecule has 3 aromatic carbocycles. The molecule has 0 bridgehead atoms. The summed E-state index contributed by atoms with van der Waals surface area (Å²) in [7, 11) is 9.48. The summed E-state index contributed by atoms with van der Waals surface area (Å²) in [6, 6.07) is 21.7. The van der Waals surface area contributed by atoms with E-state index in [0.29, 0.717) is 35.1 Å². The smallest absolute Gasteiger partial charge is 0.281 e. The molecule has 0 aliphatic carbocycles. The number of halogens is 1. The van der Waals surface area contributed by atoms with Gasteiger partial charge in [0.25, 0.3) is 5.56 Å². The Labute approximate surface area is 287 Å². The molecule has 50 heavy (non-hydrogen) atoms. The fraction of sp³-hybridized carbons (Fsp3) is 0.162. The molecule has 0 radical (unpaired) electrons. The molecule has 0 spiro atoms. The van der Waals surface area contributed by atoms with Gasteiger partial charge >= 0.3 is 0 Å². The zero-order valence-corrected chi connectivity index (χ0v) is 28.2. The highest BCUT2D eigenvalue weighted by Gasteiger charge is 2.24. The number of rotatable bonds is 9. The van der Waals surface area contributed by atoms with Gasteiger partial charge in [-0.3, -0.25) is 19.0 Å². The summed E-state index contributed by atoms with van der Waals surface area (Å²) in [5.41, 5.74) is 5.38. The first kappa shape index (κ1) is 33.6. The summed E-state index contributed by atoms with van der Waals surface area (Å²) in [5.74, 6) is 1.36. The zero-order chi connectivity index (χ0) is 35.4. The van der Waals surface area contributed by atoms with Gasteiger partial charge < -0.3 is 19.4 Å². The number of hydrogen-bond donors (Lipinski definition) is 1. The lowest BCUT2D eigenvalue weighted by atomic mass is 9.99. The summed E-state index contributed by atoms with van der Waals surface area (Å²) in [6.45, 7) is 0.823. The molecular weight excluding hydrogens is 639 g/mol. The second kappa shape index (κ2) is 14.4. The molecule has 13 heteroatoms. The van der Waals surface area contributed by atoms with Crippen molar-refractivity contribution in [3.63, 3.8) is 0 Å². The quantitative estimate of drug-likeness (QED) is 0.175. The first-order chi connectivity index (χ1) is 24.1. The topological polar surface area (TPSA) is 125 Å². The highest BCUT2D eigenvalue weighted by atomic mass is 19.1. The number of aryl methyl sites for hydroxylation is 2. The van der Waals surface area contributed by atoms with E-state index < -0.39 is 11.4 Å². The number of nitrogens with one attached hydrogen (secondary N) is 1. The monoisotopic (exact) mass is 674 g/mol. The third-order valence-electron chi connectivity index (χ3n) is 7.75. The van der Waals surface area contributed by atoms with Crippen LogP contribution in [0.4, 0.5) is 10.1 Å². The van der Waals surface area contributed by atoms with E-state index in [1.54, 1.807) is 24.0 Å². The van der Waals surface area contributed by atoms with E-state index in [0.717, 1.165) is 34.3 Å². The van der Waals surface area contributed by atoms with Crippen LogP contribution in [0.25, 0.3) is 39.2 Å². The molecule has 4 aromatic heterocycles. The number of anilines is 1. The highest BCUT2D eigenvalue weighted by molar-refractivity contribution is 6.03. The minimum atomic E-state index is -0.455. The molecule has 0 aliphatic rings. The van der Waals surface area contributed by atoms with Crippen molar-refractivity contribution < 1.29 is 18.3 Å². The molecule has 0 amide bonds. The van der Waals surface area contributed by atoms with Crippen LogP contribution in [0.5, 0.6) is 11.6 Å². The predicted molar refractivity (Wildman–Crippen MR) is 189 cm³/mol. The Balaban J connectivity index is 0.000000226. The minimum absolute atomic E-state index is 0.0479. The Morgan fingerprint density at radius 3 is 2.42 bits per heavy atom. The van der Waals surface area contributed by atoms with Gasteiger partial charge in [-0.1, -0.05) is 24.3 Å². The van der Waals surface area contributed by atoms with Crippen molar-refractivity contribution in [1.29, 1.82) is 0 Å². The van der Waals surface area contributed by atoms with Crippen molar-refractivity contribution in [2.45, 2.75) is 6.54 Å². The summed E-state index contributed by atoms with van der Waals surface area (Å²) in [4.78, 5) is 33.3. The van der Waals surface area contributed by atoms with E-state index in [2.05, 4.69) is 63.6 Å². The third kappa shape index (κ3) is 7.08. The molecule has 7 rings (SSSR count). The molecule has 254 valence electrons. The number of carbonyl (C=O) groups excluding carboxylic acids is 1. The van der Waals surface area contributed by atoms with Crippen molar-refractivity contribution in [2.75, 3.05) is 26.5 Å². The number of benzene rings is 3. The molecule has 0 aliphatic heterocycles. The molecule has 0 saturated carbocycles. The number of ether oxygens (including phenoxy) is 1. The van der Waals surface area contributed by atoms with Gasteiger partial charge in [0.2, 0.25) is 11.6 Å². The molecule has 0 saturated heterocycles. The Kier molecular flexibility index (Phi) is 9.68. The van der Waals surface area contributed by atoms with Crippen molar-refractivity contribution >= 4 is 23.1 Å². The van der Waals surface area contributed by atoms with E-state index in [4.69, 9.17) is 9.15 Å². The molecule has 0 fully saturated rings. The van der Waals surface area contributed by atoms with Crippen molar-refractivity contribution in [3.8, 4) is 39.8 Å².